The zero-order chi connectivity index (χ0) is 22.4. The molecule has 0 aliphatic rings. The number of hydrogen-bond acceptors (Lipinski definition) is 4. The number of nitrogens with zero attached hydrogens (tertiary/aromatic N) is 1. The second kappa shape index (κ2) is 10.00. The van der Waals surface area contributed by atoms with E-state index in [9.17, 15) is 8.42 Å². The van der Waals surface area contributed by atoms with Crippen molar-refractivity contribution in [2.75, 3.05) is 28.6 Å². The van der Waals surface area contributed by atoms with Gasteiger partial charge in [0.1, 0.15) is 5.75 Å². The molecule has 9 heteroatoms. The number of hydrogen-bond donors (Lipinski definition) is 2. The summed E-state index contributed by atoms with van der Waals surface area (Å²) in [6, 6.07) is 20.6. The van der Waals surface area contributed by atoms with Gasteiger partial charge in [0.15, 0.2) is 5.11 Å². The van der Waals surface area contributed by atoms with Crippen molar-refractivity contribution in [2.45, 2.75) is 11.8 Å². The minimum absolute atomic E-state index is 0.121. The highest BCUT2D eigenvalue weighted by Crippen LogP contribution is 2.31. The maximum Gasteiger partial charge on any atom is 0.264 e. The van der Waals surface area contributed by atoms with Crippen LogP contribution in [0.1, 0.15) is 6.92 Å². The van der Waals surface area contributed by atoms with Gasteiger partial charge in [0.2, 0.25) is 0 Å². The highest BCUT2D eigenvalue weighted by atomic mass is 35.5. The number of thiocarbonyl (C=S) groups is 1. The minimum atomic E-state index is -3.79. The predicted molar refractivity (Wildman–Crippen MR) is 131 cm³/mol. The van der Waals surface area contributed by atoms with Gasteiger partial charge in [0.25, 0.3) is 10.0 Å². The Labute approximate surface area is 192 Å². The number of rotatable bonds is 7. The van der Waals surface area contributed by atoms with Crippen molar-refractivity contribution in [1.29, 1.82) is 0 Å². The Morgan fingerprint density at radius 3 is 2.32 bits per heavy atom. The number of halogens is 1. The van der Waals surface area contributed by atoms with E-state index in [1.54, 1.807) is 61.5 Å². The van der Waals surface area contributed by atoms with Crippen molar-refractivity contribution in [3.05, 3.63) is 77.8 Å². The summed E-state index contributed by atoms with van der Waals surface area (Å²) in [6.45, 7) is 2.08. The zero-order valence-corrected chi connectivity index (χ0v) is 19.4. The van der Waals surface area contributed by atoms with E-state index in [0.29, 0.717) is 22.1 Å². The normalized spacial score (nSPS) is 10.9. The summed E-state index contributed by atoms with van der Waals surface area (Å²) < 4.78 is 33.4. The third kappa shape index (κ3) is 5.46. The van der Waals surface area contributed by atoms with E-state index in [1.165, 1.54) is 23.5 Å². The van der Waals surface area contributed by atoms with Gasteiger partial charge in [-0.2, -0.15) is 0 Å². The van der Waals surface area contributed by atoms with Gasteiger partial charge in [0.05, 0.1) is 23.4 Å². The maximum absolute atomic E-state index is 13.3. The number of ether oxygens (including phenoxy) is 1. The fourth-order valence-electron chi connectivity index (χ4n) is 2.98. The van der Waals surface area contributed by atoms with Crippen LogP contribution in [0.15, 0.2) is 77.7 Å². The lowest BCUT2D eigenvalue weighted by atomic mass is 10.3. The lowest BCUT2D eigenvalue weighted by Gasteiger charge is -2.23. The number of anilines is 3. The van der Waals surface area contributed by atoms with Crippen LogP contribution in [0, 0.1) is 0 Å². The van der Waals surface area contributed by atoms with Crippen LogP contribution < -0.4 is 19.7 Å². The van der Waals surface area contributed by atoms with Gasteiger partial charge in [-0.15, -0.1) is 0 Å². The van der Waals surface area contributed by atoms with E-state index >= 15 is 0 Å². The molecule has 0 saturated carbocycles. The Balaban J connectivity index is 1.88. The van der Waals surface area contributed by atoms with E-state index in [1.807, 2.05) is 6.07 Å². The highest BCUT2D eigenvalue weighted by Gasteiger charge is 2.24. The molecular formula is C22H22ClN3O3S2. The van der Waals surface area contributed by atoms with Crippen molar-refractivity contribution in [1.82, 2.24) is 0 Å². The number of methoxy groups -OCH3 is 1. The molecule has 2 N–H and O–H groups in total. The predicted octanol–water partition coefficient (Wildman–Crippen LogP) is 5.37. The van der Waals surface area contributed by atoms with Crippen molar-refractivity contribution >= 4 is 56.0 Å². The third-order valence-electron chi connectivity index (χ3n) is 4.44. The molecule has 3 aromatic rings. The van der Waals surface area contributed by atoms with Crippen LogP contribution in [0.3, 0.4) is 0 Å². The molecule has 0 atom stereocenters. The monoisotopic (exact) mass is 475 g/mol. The summed E-state index contributed by atoms with van der Waals surface area (Å²) >= 11 is 11.3. The largest absolute Gasteiger partial charge is 0.495 e. The minimum Gasteiger partial charge on any atom is -0.495 e. The van der Waals surface area contributed by atoms with Crippen LogP contribution in [0.25, 0.3) is 0 Å². The van der Waals surface area contributed by atoms with Gasteiger partial charge in [-0.05, 0) is 73.7 Å². The summed E-state index contributed by atoms with van der Waals surface area (Å²) in [5.74, 6) is 0.460. The Hall–Kier alpha value is -2.81. The Bertz CT molecular complexity index is 1150. The fourth-order valence-corrected chi connectivity index (χ4v) is 4.83. The van der Waals surface area contributed by atoms with Crippen molar-refractivity contribution in [3.63, 3.8) is 0 Å². The van der Waals surface area contributed by atoms with Crippen LogP contribution in [0.5, 0.6) is 5.75 Å². The second-order valence-electron chi connectivity index (χ2n) is 6.45. The van der Waals surface area contributed by atoms with E-state index in [0.717, 1.165) is 5.69 Å². The highest BCUT2D eigenvalue weighted by molar-refractivity contribution is 7.92. The van der Waals surface area contributed by atoms with Gasteiger partial charge in [0, 0.05) is 17.3 Å². The molecule has 0 amide bonds. The Morgan fingerprint density at radius 2 is 1.71 bits per heavy atom. The first-order chi connectivity index (χ1) is 14.8. The van der Waals surface area contributed by atoms with Gasteiger partial charge < -0.3 is 15.4 Å². The molecule has 0 radical (unpaired) electrons. The standard InChI is InChI=1S/C22H22ClN3O3S2/c1-3-26(18-7-5-4-6-8-18)31(27,28)19-13-14-21(29-2)20(15-19)25-22(30)24-17-11-9-16(23)10-12-17/h4-15H,3H2,1-2H3,(H2,24,25,30). The molecule has 0 unspecified atom stereocenters. The van der Waals surface area contributed by atoms with Crippen LogP contribution in [-0.4, -0.2) is 27.2 Å². The van der Waals surface area contributed by atoms with E-state index < -0.39 is 10.0 Å². The van der Waals surface area contributed by atoms with E-state index in [-0.39, 0.29) is 16.6 Å². The topological polar surface area (TPSA) is 70.7 Å². The van der Waals surface area contributed by atoms with Crippen LogP contribution >= 0.6 is 23.8 Å². The van der Waals surface area contributed by atoms with E-state index in [4.69, 9.17) is 28.6 Å². The lowest BCUT2D eigenvalue weighted by Crippen LogP contribution is -2.30. The molecule has 0 fully saturated rings. The van der Waals surface area contributed by atoms with Gasteiger partial charge in [-0.25, -0.2) is 8.42 Å². The van der Waals surface area contributed by atoms with Crippen molar-refractivity contribution in [2.24, 2.45) is 0 Å². The molecule has 0 bridgehead atoms. The first-order valence-electron chi connectivity index (χ1n) is 9.44. The van der Waals surface area contributed by atoms with Crippen molar-refractivity contribution < 1.29 is 13.2 Å². The molecule has 31 heavy (non-hydrogen) atoms. The number of para-hydroxylation sites is 1. The zero-order valence-electron chi connectivity index (χ0n) is 17.0. The van der Waals surface area contributed by atoms with Gasteiger partial charge in [-0.1, -0.05) is 29.8 Å². The lowest BCUT2D eigenvalue weighted by molar-refractivity contribution is 0.416. The summed E-state index contributed by atoms with van der Waals surface area (Å²) in [5.41, 5.74) is 1.76. The molecule has 0 heterocycles. The van der Waals surface area contributed by atoms with E-state index in [2.05, 4.69) is 10.6 Å². The fraction of sp³-hybridized carbons (Fsp3) is 0.136. The first kappa shape index (κ1) is 22.9. The summed E-state index contributed by atoms with van der Waals surface area (Å²) in [5, 5.41) is 6.94. The maximum atomic E-state index is 13.3. The summed E-state index contributed by atoms with van der Waals surface area (Å²) in [4.78, 5) is 0.121. The van der Waals surface area contributed by atoms with Gasteiger partial charge in [-0.3, -0.25) is 4.31 Å². The Morgan fingerprint density at radius 1 is 1.03 bits per heavy atom. The molecule has 3 rings (SSSR count). The molecule has 0 aliphatic carbocycles. The third-order valence-corrected chi connectivity index (χ3v) is 6.80. The Kier molecular flexibility index (Phi) is 7.37. The number of sulfonamides is 1. The summed E-state index contributed by atoms with van der Waals surface area (Å²) in [6.07, 6.45) is 0. The molecule has 0 aromatic heterocycles. The average Bonchev–Trinajstić information content (AvgIpc) is 2.76. The van der Waals surface area contributed by atoms with Crippen LogP contribution in [-0.2, 0) is 10.0 Å². The van der Waals surface area contributed by atoms with Crippen LogP contribution in [0.2, 0.25) is 5.02 Å². The molecule has 0 saturated heterocycles. The smallest absolute Gasteiger partial charge is 0.264 e. The molecule has 6 nitrogen and oxygen atoms in total. The first-order valence-corrected chi connectivity index (χ1v) is 11.7. The molecule has 3 aromatic carbocycles. The van der Waals surface area contributed by atoms with Crippen LogP contribution in [0.4, 0.5) is 17.1 Å². The molecule has 162 valence electrons. The number of nitrogens with one attached hydrogen (secondary N) is 2. The molecular weight excluding hydrogens is 454 g/mol. The molecule has 0 aliphatic heterocycles. The van der Waals surface area contributed by atoms with Gasteiger partial charge >= 0.3 is 0 Å². The SMILES string of the molecule is CCN(c1ccccc1)S(=O)(=O)c1ccc(OC)c(NC(=S)Nc2ccc(Cl)cc2)c1. The number of benzene rings is 3. The van der Waals surface area contributed by atoms with Crippen molar-refractivity contribution in [3.8, 4) is 5.75 Å². The average molecular weight is 476 g/mol. The second-order valence-corrected chi connectivity index (χ2v) is 9.16. The molecule has 0 spiro atoms. The summed E-state index contributed by atoms with van der Waals surface area (Å²) in [7, 11) is -2.29. The quantitative estimate of drug-likeness (QED) is 0.447.